The van der Waals surface area contributed by atoms with Gasteiger partial charge in [0.2, 0.25) is 0 Å². The van der Waals surface area contributed by atoms with E-state index in [-0.39, 0.29) is 70.3 Å². The zero-order chi connectivity index (χ0) is 57.1. The molecule has 0 aliphatic rings. The van der Waals surface area contributed by atoms with Gasteiger partial charge in [-0.3, -0.25) is 0 Å². The molecule has 4 heterocycles. The molecule has 2 heteroatoms. The van der Waals surface area contributed by atoms with Crippen LogP contribution in [0.5, 0.6) is 0 Å². The number of hydrogen-bond donors (Lipinski definition) is 0. The summed E-state index contributed by atoms with van der Waals surface area (Å²) < 4.78 is 94.1. The first-order valence-corrected chi connectivity index (χ1v) is 24.8. The lowest BCUT2D eigenvalue weighted by molar-refractivity contribution is 0.594. The van der Waals surface area contributed by atoms with Gasteiger partial charge in [0.25, 0.3) is 0 Å². The third kappa shape index (κ3) is 5.66. The highest BCUT2D eigenvalue weighted by Crippen LogP contribution is 2.52. The SMILES string of the molecule is [2H]c1c([2H])c([2H])c(-c2cc3ccccc3cc2-c2ccc3c4cc5c(cc4n4c6c(C(C)(C)C)cccc6c2c34)c2ccc(-c3cc4ccccc4cc3-c3c([2H])c([2H])c([2H])c([2H])c3[2H])c3c4cccc(C(C)(C)C)c4n5c23)c([2H])c1[2H]. The van der Waals surface area contributed by atoms with E-state index in [2.05, 4.69) is 147 Å². The van der Waals surface area contributed by atoms with Gasteiger partial charge in [-0.1, -0.05) is 211 Å². The van der Waals surface area contributed by atoms with Gasteiger partial charge in [-0.25, -0.2) is 0 Å². The Kier molecular flexibility index (Phi) is 6.56. The van der Waals surface area contributed by atoms with Gasteiger partial charge in [0.1, 0.15) is 0 Å². The molecule has 0 bridgehead atoms. The van der Waals surface area contributed by atoms with Gasteiger partial charge in [0.15, 0.2) is 0 Å². The lowest BCUT2D eigenvalue weighted by Crippen LogP contribution is -2.12. The summed E-state index contributed by atoms with van der Waals surface area (Å²) in [6.45, 7) is 13.5. The molecule has 0 atom stereocenters. The van der Waals surface area contributed by atoms with Gasteiger partial charge >= 0.3 is 0 Å². The fourth-order valence-corrected chi connectivity index (χ4v) is 12.5. The molecule has 0 saturated carbocycles. The van der Waals surface area contributed by atoms with E-state index in [4.69, 9.17) is 8.22 Å². The number of para-hydroxylation sites is 2. The van der Waals surface area contributed by atoms with E-state index in [0.717, 1.165) is 120 Å². The van der Waals surface area contributed by atoms with Gasteiger partial charge < -0.3 is 8.80 Å². The second-order valence-corrected chi connectivity index (χ2v) is 21.7. The molecule has 15 aromatic rings. The maximum Gasteiger partial charge on any atom is 0.0629 e. The lowest BCUT2D eigenvalue weighted by atomic mass is 9.84. The molecule has 0 aliphatic carbocycles. The fraction of sp³-hybridized carbons (Fsp3) is 0.114. The molecule has 72 heavy (non-hydrogen) atoms. The normalized spacial score (nSPS) is 14.8. The van der Waals surface area contributed by atoms with Crippen LogP contribution in [-0.4, -0.2) is 8.80 Å². The molecule has 15 rings (SSSR count). The Morgan fingerprint density at radius 3 is 1.07 bits per heavy atom. The Labute approximate surface area is 432 Å². The molecule has 2 nitrogen and oxygen atoms in total. The second-order valence-electron chi connectivity index (χ2n) is 21.7. The van der Waals surface area contributed by atoms with Gasteiger partial charge in [-0.2, -0.15) is 0 Å². The predicted molar refractivity (Wildman–Crippen MR) is 310 cm³/mol. The van der Waals surface area contributed by atoms with Crippen LogP contribution in [0, 0.1) is 0 Å². The van der Waals surface area contributed by atoms with Crippen LogP contribution in [0.1, 0.15) is 66.4 Å². The van der Waals surface area contributed by atoms with E-state index in [1.54, 1.807) is 0 Å². The summed E-state index contributed by atoms with van der Waals surface area (Å²) in [6.07, 6.45) is 0. The first-order valence-electron chi connectivity index (χ1n) is 29.8. The Morgan fingerprint density at radius 1 is 0.319 bits per heavy atom. The smallest absolute Gasteiger partial charge is 0.0629 e. The maximum absolute atomic E-state index is 9.26. The molecular formula is C70H52N2. The van der Waals surface area contributed by atoms with Crippen molar-refractivity contribution in [1.82, 2.24) is 8.80 Å². The molecular weight excluding hydrogens is 869 g/mol. The summed E-state index contributed by atoms with van der Waals surface area (Å²) in [7, 11) is 0. The average molecular weight is 931 g/mol. The van der Waals surface area contributed by atoms with Crippen LogP contribution >= 0.6 is 0 Å². The number of nitrogens with zero attached hydrogens (tertiary/aromatic N) is 2. The van der Waals surface area contributed by atoms with Crippen LogP contribution in [0.25, 0.3) is 142 Å². The topological polar surface area (TPSA) is 8.82 Å². The van der Waals surface area contributed by atoms with Crippen molar-refractivity contribution in [3.05, 3.63) is 217 Å². The molecule has 0 fully saturated rings. The van der Waals surface area contributed by atoms with Crippen LogP contribution in [0.3, 0.4) is 0 Å². The standard InChI is InChI=1S/C70H52N2/c1-69(2,3)59-29-17-27-51-63-47(55-37-45-25-15-13-23-43(45)35-53(55)41-19-9-7-10-20-41)31-33-49-57-40-62-58(39-61(57)71(65(51)59)67(49)63)50-34-32-48(64-52-28-18-30-60(70(4,5)6)66(52)72(62)68(50)64)56-38-46-26-16-14-24-44(46)36-54(56)42-21-11-8-12-22-42/h7-40H,1-6H3/i7D,8D,9D,10D,11D,12D,19D,20D,21D,22D. The number of fused-ring (bicyclic) bond motifs is 14. The first kappa shape index (κ1) is 32.4. The fourth-order valence-electron chi connectivity index (χ4n) is 12.5. The van der Waals surface area contributed by atoms with Crippen molar-refractivity contribution < 1.29 is 13.7 Å². The van der Waals surface area contributed by atoms with Crippen molar-refractivity contribution >= 4 is 97.7 Å². The van der Waals surface area contributed by atoms with Crippen molar-refractivity contribution in [2.24, 2.45) is 0 Å². The number of aromatic nitrogens is 2. The highest BCUT2D eigenvalue weighted by molar-refractivity contribution is 6.33. The minimum atomic E-state index is -0.432. The number of rotatable bonds is 4. The van der Waals surface area contributed by atoms with E-state index in [0.29, 0.717) is 11.1 Å². The number of benzene rings is 11. The van der Waals surface area contributed by atoms with Crippen molar-refractivity contribution in [3.63, 3.8) is 0 Å². The van der Waals surface area contributed by atoms with Crippen molar-refractivity contribution in [2.45, 2.75) is 52.4 Å². The summed E-state index contributed by atoms with van der Waals surface area (Å²) in [5.74, 6) is 0. The maximum atomic E-state index is 9.26. The summed E-state index contributed by atoms with van der Waals surface area (Å²) in [5, 5.41) is 12.1. The van der Waals surface area contributed by atoms with Gasteiger partial charge in [0, 0.05) is 43.1 Å². The van der Waals surface area contributed by atoms with Crippen LogP contribution in [0.2, 0.25) is 0 Å². The minimum Gasteiger partial charge on any atom is -0.308 e. The van der Waals surface area contributed by atoms with Crippen LogP contribution in [0.4, 0.5) is 0 Å². The molecule has 0 amide bonds. The van der Waals surface area contributed by atoms with Crippen molar-refractivity contribution in [3.8, 4) is 44.5 Å². The zero-order valence-electron chi connectivity index (χ0n) is 50.8. The second kappa shape index (κ2) is 14.6. The van der Waals surface area contributed by atoms with E-state index in [1.807, 2.05) is 48.5 Å². The monoisotopic (exact) mass is 930 g/mol. The van der Waals surface area contributed by atoms with Gasteiger partial charge in [0.05, 0.1) is 46.8 Å². The molecule has 11 aromatic carbocycles. The Hall–Kier alpha value is -8.46. The summed E-state index contributed by atoms with van der Waals surface area (Å²) in [5.41, 5.74) is 12.8. The van der Waals surface area contributed by atoms with Crippen LogP contribution in [0.15, 0.2) is 206 Å². The molecule has 0 aliphatic heterocycles. The highest BCUT2D eigenvalue weighted by Gasteiger charge is 2.30. The third-order valence-electron chi connectivity index (χ3n) is 15.5. The summed E-state index contributed by atoms with van der Waals surface area (Å²) in [6, 6.07) is 47.4. The Balaban J connectivity index is 1.09. The lowest BCUT2D eigenvalue weighted by Gasteiger charge is -2.21. The van der Waals surface area contributed by atoms with E-state index in [1.165, 1.54) is 11.1 Å². The molecule has 0 saturated heterocycles. The van der Waals surface area contributed by atoms with Gasteiger partial charge in [-0.15, -0.1) is 0 Å². The van der Waals surface area contributed by atoms with E-state index in [9.17, 15) is 5.48 Å². The molecule has 0 spiro atoms. The first-order chi connectivity index (χ1) is 39.1. The minimum absolute atomic E-state index is 0.158. The Morgan fingerprint density at radius 2 is 0.694 bits per heavy atom. The molecule has 0 unspecified atom stereocenters. The van der Waals surface area contributed by atoms with Gasteiger partial charge in [-0.05, 0) is 124 Å². The average Bonchev–Trinajstić information content (AvgIpc) is 1.69. The number of hydrogen-bond acceptors (Lipinski definition) is 0. The van der Waals surface area contributed by atoms with Crippen molar-refractivity contribution in [1.29, 1.82) is 0 Å². The summed E-state index contributed by atoms with van der Waals surface area (Å²) in [4.78, 5) is 0. The predicted octanol–water partition coefficient (Wildman–Crippen LogP) is 19.6. The molecule has 0 radical (unpaired) electrons. The molecule has 4 aromatic heterocycles. The van der Waals surface area contributed by atoms with E-state index < -0.39 is 12.1 Å². The van der Waals surface area contributed by atoms with E-state index >= 15 is 0 Å². The van der Waals surface area contributed by atoms with Crippen molar-refractivity contribution in [2.75, 3.05) is 0 Å². The highest BCUT2D eigenvalue weighted by atomic mass is 14.9. The van der Waals surface area contributed by atoms with Crippen LogP contribution < -0.4 is 0 Å². The Bertz CT molecular complexity index is 4970. The van der Waals surface area contributed by atoms with Crippen LogP contribution in [-0.2, 0) is 10.8 Å². The molecule has 342 valence electrons. The summed E-state index contributed by atoms with van der Waals surface area (Å²) >= 11 is 0. The largest absolute Gasteiger partial charge is 0.308 e. The quantitative estimate of drug-likeness (QED) is 0.166. The third-order valence-corrected chi connectivity index (χ3v) is 15.5. The molecule has 0 N–H and O–H groups in total. The zero-order valence-corrected chi connectivity index (χ0v) is 40.8.